The highest BCUT2D eigenvalue weighted by Gasteiger charge is 2.10. The normalized spacial score (nSPS) is 10.7. The Morgan fingerprint density at radius 3 is 2.70 bits per heavy atom. The lowest BCUT2D eigenvalue weighted by Crippen LogP contribution is -1.96. The Balaban J connectivity index is 2.28. The summed E-state index contributed by atoms with van der Waals surface area (Å²) < 4.78 is 0. The molecule has 3 nitrogen and oxygen atoms in total. The highest BCUT2D eigenvalue weighted by Crippen LogP contribution is 2.30. The summed E-state index contributed by atoms with van der Waals surface area (Å²) in [5, 5.41) is 10.5. The van der Waals surface area contributed by atoms with Gasteiger partial charge in [-0.25, -0.2) is 4.79 Å². The maximum Gasteiger partial charge on any atom is 0.335 e. The zero-order valence-corrected chi connectivity index (χ0v) is 11.1. The Labute approximate surface area is 120 Å². The van der Waals surface area contributed by atoms with Crippen LogP contribution in [-0.2, 0) is 0 Å². The van der Waals surface area contributed by atoms with Gasteiger partial charge >= 0.3 is 5.97 Å². The van der Waals surface area contributed by atoms with Crippen LogP contribution in [0.4, 0.5) is 0 Å². The monoisotopic (exact) mass is 283 g/mol. The summed E-state index contributed by atoms with van der Waals surface area (Å²) in [4.78, 5) is 15.5. The Hall–Kier alpha value is -2.39. The van der Waals surface area contributed by atoms with E-state index in [2.05, 4.69) is 4.98 Å². The Kier molecular flexibility index (Phi) is 3.12. The fourth-order valence-electron chi connectivity index (χ4n) is 2.21. The number of halogens is 1. The van der Waals surface area contributed by atoms with Crippen molar-refractivity contribution in [3.63, 3.8) is 0 Å². The summed E-state index contributed by atoms with van der Waals surface area (Å²) >= 11 is 6.01. The Morgan fingerprint density at radius 1 is 1.10 bits per heavy atom. The van der Waals surface area contributed by atoms with Gasteiger partial charge < -0.3 is 5.11 Å². The molecule has 0 saturated heterocycles. The van der Waals surface area contributed by atoms with E-state index in [1.54, 1.807) is 18.3 Å². The van der Waals surface area contributed by atoms with Crippen molar-refractivity contribution in [1.29, 1.82) is 0 Å². The first-order valence-electron chi connectivity index (χ1n) is 6.03. The molecule has 0 aliphatic rings. The van der Waals surface area contributed by atoms with E-state index in [1.165, 1.54) is 6.07 Å². The minimum absolute atomic E-state index is 0.167. The van der Waals surface area contributed by atoms with E-state index < -0.39 is 5.97 Å². The standard InChI is InChI=1S/C16H10ClNO2/c17-13-8-11(7-12(9-13)16(19)20)14-5-1-3-10-4-2-6-18-15(10)14/h1-9H,(H,19,20). The number of benzene rings is 2. The van der Waals surface area contributed by atoms with Gasteiger partial charge in [0.2, 0.25) is 0 Å². The number of carbonyl (C=O) groups is 1. The summed E-state index contributed by atoms with van der Waals surface area (Å²) in [7, 11) is 0. The summed E-state index contributed by atoms with van der Waals surface area (Å²) in [6.45, 7) is 0. The maximum absolute atomic E-state index is 11.1. The zero-order valence-electron chi connectivity index (χ0n) is 10.4. The molecule has 0 atom stereocenters. The minimum atomic E-state index is -0.998. The second kappa shape index (κ2) is 4.94. The highest BCUT2D eigenvalue weighted by atomic mass is 35.5. The Morgan fingerprint density at radius 2 is 1.90 bits per heavy atom. The third kappa shape index (κ3) is 2.24. The fraction of sp³-hybridized carbons (Fsp3) is 0. The van der Waals surface area contributed by atoms with Gasteiger partial charge in [-0.3, -0.25) is 4.98 Å². The highest BCUT2D eigenvalue weighted by molar-refractivity contribution is 6.31. The van der Waals surface area contributed by atoms with Crippen molar-refractivity contribution in [3.05, 3.63) is 65.3 Å². The molecule has 98 valence electrons. The number of pyridine rings is 1. The number of carboxylic acid groups (broad SMARTS) is 1. The van der Waals surface area contributed by atoms with E-state index in [1.807, 2.05) is 30.3 Å². The van der Waals surface area contributed by atoms with Crippen LogP contribution in [0, 0.1) is 0 Å². The molecule has 0 bridgehead atoms. The fourth-order valence-corrected chi connectivity index (χ4v) is 2.44. The van der Waals surface area contributed by atoms with Crippen LogP contribution in [0.25, 0.3) is 22.0 Å². The molecular formula is C16H10ClNO2. The number of aromatic carboxylic acids is 1. The molecule has 0 spiro atoms. The van der Waals surface area contributed by atoms with Crippen LogP contribution in [-0.4, -0.2) is 16.1 Å². The van der Waals surface area contributed by atoms with Gasteiger partial charge in [0.1, 0.15) is 0 Å². The predicted octanol–water partition coefficient (Wildman–Crippen LogP) is 4.25. The molecular weight excluding hydrogens is 274 g/mol. The molecule has 3 aromatic rings. The van der Waals surface area contributed by atoms with Crippen LogP contribution in [0.2, 0.25) is 5.02 Å². The molecule has 1 N–H and O–H groups in total. The number of nitrogens with zero attached hydrogens (tertiary/aromatic N) is 1. The zero-order chi connectivity index (χ0) is 14.1. The molecule has 1 aromatic heterocycles. The van der Waals surface area contributed by atoms with Gasteiger partial charge in [-0.2, -0.15) is 0 Å². The first-order chi connectivity index (χ1) is 9.65. The summed E-state index contributed by atoms with van der Waals surface area (Å²) in [5.74, 6) is -0.998. The summed E-state index contributed by atoms with van der Waals surface area (Å²) in [6, 6.07) is 14.4. The first kappa shape index (κ1) is 12.6. The maximum atomic E-state index is 11.1. The number of aromatic nitrogens is 1. The molecule has 2 aromatic carbocycles. The van der Waals surface area contributed by atoms with E-state index in [-0.39, 0.29) is 5.56 Å². The lowest BCUT2D eigenvalue weighted by Gasteiger charge is -2.07. The van der Waals surface area contributed by atoms with Crippen LogP contribution in [0.15, 0.2) is 54.7 Å². The van der Waals surface area contributed by atoms with Crippen molar-refractivity contribution in [2.45, 2.75) is 0 Å². The van der Waals surface area contributed by atoms with Crippen LogP contribution < -0.4 is 0 Å². The van der Waals surface area contributed by atoms with Crippen molar-refractivity contribution < 1.29 is 9.90 Å². The van der Waals surface area contributed by atoms with E-state index in [0.29, 0.717) is 5.02 Å². The lowest BCUT2D eigenvalue weighted by molar-refractivity contribution is 0.0697. The molecule has 0 aliphatic heterocycles. The first-order valence-corrected chi connectivity index (χ1v) is 6.41. The van der Waals surface area contributed by atoms with Crippen LogP contribution in [0.5, 0.6) is 0 Å². The van der Waals surface area contributed by atoms with Gasteiger partial charge in [0.25, 0.3) is 0 Å². The van der Waals surface area contributed by atoms with Crippen LogP contribution >= 0.6 is 11.6 Å². The van der Waals surface area contributed by atoms with Crippen LogP contribution in [0.3, 0.4) is 0 Å². The summed E-state index contributed by atoms with van der Waals surface area (Å²) in [5.41, 5.74) is 2.61. The predicted molar refractivity (Wildman–Crippen MR) is 79.1 cm³/mol. The topological polar surface area (TPSA) is 50.2 Å². The molecule has 0 saturated carbocycles. The Bertz CT molecular complexity index is 809. The van der Waals surface area contributed by atoms with E-state index >= 15 is 0 Å². The molecule has 20 heavy (non-hydrogen) atoms. The minimum Gasteiger partial charge on any atom is -0.478 e. The molecule has 0 fully saturated rings. The third-order valence-electron chi connectivity index (χ3n) is 3.09. The van der Waals surface area contributed by atoms with Gasteiger partial charge in [0.05, 0.1) is 11.1 Å². The third-order valence-corrected chi connectivity index (χ3v) is 3.31. The molecule has 4 heteroatoms. The van der Waals surface area contributed by atoms with Crippen molar-refractivity contribution >= 4 is 28.5 Å². The quantitative estimate of drug-likeness (QED) is 0.765. The number of hydrogen-bond acceptors (Lipinski definition) is 2. The smallest absolute Gasteiger partial charge is 0.335 e. The molecule has 3 rings (SSSR count). The number of fused-ring (bicyclic) bond motifs is 1. The van der Waals surface area contributed by atoms with Crippen molar-refractivity contribution in [2.75, 3.05) is 0 Å². The van der Waals surface area contributed by atoms with Gasteiger partial charge in [0, 0.05) is 22.2 Å². The van der Waals surface area contributed by atoms with Crippen molar-refractivity contribution in [2.24, 2.45) is 0 Å². The summed E-state index contributed by atoms with van der Waals surface area (Å²) in [6.07, 6.45) is 1.72. The van der Waals surface area contributed by atoms with Crippen LogP contribution in [0.1, 0.15) is 10.4 Å². The van der Waals surface area contributed by atoms with E-state index in [0.717, 1.165) is 22.0 Å². The van der Waals surface area contributed by atoms with Gasteiger partial charge in [-0.1, -0.05) is 35.9 Å². The van der Waals surface area contributed by atoms with E-state index in [4.69, 9.17) is 16.7 Å². The molecule has 0 aliphatic carbocycles. The van der Waals surface area contributed by atoms with Gasteiger partial charge in [0.15, 0.2) is 0 Å². The van der Waals surface area contributed by atoms with Gasteiger partial charge in [-0.05, 0) is 29.8 Å². The average molecular weight is 284 g/mol. The molecule has 0 radical (unpaired) electrons. The second-order valence-corrected chi connectivity index (χ2v) is 4.85. The van der Waals surface area contributed by atoms with E-state index in [9.17, 15) is 4.79 Å². The molecule has 0 amide bonds. The number of carboxylic acids is 1. The number of para-hydroxylation sites is 1. The molecule has 0 unspecified atom stereocenters. The van der Waals surface area contributed by atoms with Crippen molar-refractivity contribution in [1.82, 2.24) is 4.98 Å². The van der Waals surface area contributed by atoms with Crippen molar-refractivity contribution in [3.8, 4) is 11.1 Å². The SMILES string of the molecule is O=C(O)c1cc(Cl)cc(-c2cccc3cccnc23)c1. The largest absolute Gasteiger partial charge is 0.478 e. The average Bonchev–Trinajstić information content (AvgIpc) is 2.46. The lowest BCUT2D eigenvalue weighted by atomic mass is 10.00. The van der Waals surface area contributed by atoms with Gasteiger partial charge in [-0.15, -0.1) is 0 Å². The number of hydrogen-bond donors (Lipinski definition) is 1. The molecule has 1 heterocycles. The number of rotatable bonds is 2. The second-order valence-electron chi connectivity index (χ2n) is 4.41.